The van der Waals surface area contributed by atoms with E-state index < -0.39 is 0 Å². The summed E-state index contributed by atoms with van der Waals surface area (Å²) in [6, 6.07) is 5.78. The number of methoxy groups -OCH3 is 1. The molecule has 5 heteroatoms. The lowest BCUT2D eigenvalue weighted by Gasteiger charge is -2.51. The molecule has 0 bridgehead atoms. The molecule has 1 aliphatic rings. The zero-order chi connectivity index (χ0) is 14.9. The molecule has 0 spiro atoms. The summed E-state index contributed by atoms with van der Waals surface area (Å²) >= 11 is 0. The Labute approximate surface area is 119 Å². The second kappa shape index (κ2) is 5.50. The SMILES string of the molecule is COC1CC(NCc2ccc(C)c([N+](=O)[O-])c2)C1(C)C. The van der Waals surface area contributed by atoms with Crippen LogP contribution in [0.25, 0.3) is 0 Å². The largest absolute Gasteiger partial charge is 0.381 e. The Balaban J connectivity index is 1.99. The van der Waals surface area contributed by atoms with Gasteiger partial charge in [0.15, 0.2) is 0 Å². The average molecular weight is 278 g/mol. The smallest absolute Gasteiger partial charge is 0.272 e. The fraction of sp³-hybridized carbons (Fsp3) is 0.600. The van der Waals surface area contributed by atoms with Crippen LogP contribution < -0.4 is 5.32 Å². The third-order valence-corrected chi connectivity index (χ3v) is 4.49. The normalized spacial score (nSPS) is 24.2. The topological polar surface area (TPSA) is 64.4 Å². The van der Waals surface area contributed by atoms with Crippen molar-refractivity contribution in [3.05, 3.63) is 39.4 Å². The predicted octanol–water partition coefficient (Wildman–Crippen LogP) is 2.81. The molecule has 1 aromatic rings. The molecule has 1 fully saturated rings. The Morgan fingerprint density at radius 2 is 2.20 bits per heavy atom. The quantitative estimate of drug-likeness (QED) is 0.664. The van der Waals surface area contributed by atoms with Crippen molar-refractivity contribution in [3.8, 4) is 0 Å². The molecule has 110 valence electrons. The van der Waals surface area contributed by atoms with Crippen LogP contribution in [0.3, 0.4) is 0 Å². The standard InChI is InChI=1S/C15H22N2O3/c1-10-5-6-11(7-12(10)17(18)19)9-16-13-8-14(20-4)15(13,2)3/h5-7,13-14,16H,8-9H2,1-4H3. The van der Waals surface area contributed by atoms with E-state index in [1.807, 2.05) is 6.07 Å². The molecule has 20 heavy (non-hydrogen) atoms. The van der Waals surface area contributed by atoms with Gasteiger partial charge in [0.2, 0.25) is 0 Å². The van der Waals surface area contributed by atoms with E-state index in [1.165, 1.54) is 0 Å². The van der Waals surface area contributed by atoms with Gasteiger partial charge in [-0.3, -0.25) is 10.1 Å². The third kappa shape index (κ3) is 2.69. The van der Waals surface area contributed by atoms with Crippen LogP contribution in [0, 0.1) is 22.5 Å². The molecule has 0 aliphatic heterocycles. The number of nitro benzene ring substituents is 1. The van der Waals surface area contributed by atoms with Crippen LogP contribution in [0.5, 0.6) is 0 Å². The summed E-state index contributed by atoms with van der Waals surface area (Å²) in [5.41, 5.74) is 1.93. The molecule has 0 saturated heterocycles. The van der Waals surface area contributed by atoms with E-state index in [0.29, 0.717) is 18.2 Å². The molecule has 0 heterocycles. The summed E-state index contributed by atoms with van der Waals surface area (Å²) in [4.78, 5) is 10.6. The van der Waals surface area contributed by atoms with Crippen LogP contribution in [0.2, 0.25) is 0 Å². The molecule has 0 amide bonds. The maximum Gasteiger partial charge on any atom is 0.272 e. The van der Waals surface area contributed by atoms with Gasteiger partial charge in [-0.2, -0.15) is 0 Å². The van der Waals surface area contributed by atoms with Gasteiger partial charge in [0.1, 0.15) is 0 Å². The average Bonchev–Trinajstić information content (AvgIpc) is 2.39. The lowest BCUT2D eigenvalue weighted by Crippen LogP contribution is -2.60. The van der Waals surface area contributed by atoms with Crippen LogP contribution in [0.15, 0.2) is 18.2 Å². The minimum absolute atomic E-state index is 0.103. The van der Waals surface area contributed by atoms with Gasteiger partial charge in [-0.05, 0) is 18.9 Å². The van der Waals surface area contributed by atoms with Crippen molar-refractivity contribution in [3.63, 3.8) is 0 Å². The minimum Gasteiger partial charge on any atom is -0.381 e. The molecule has 1 saturated carbocycles. The summed E-state index contributed by atoms with van der Waals surface area (Å²) < 4.78 is 5.42. The number of hydrogen-bond acceptors (Lipinski definition) is 4. The fourth-order valence-electron chi connectivity index (χ4n) is 2.83. The first-order valence-electron chi connectivity index (χ1n) is 6.86. The van der Waals surface area contributed by atoms with Crippen molar-refractivity contribution in [1.29, 1.82) is 0 Å². The highest BCUT2D eigenvalue weighted by Gasteiger charge is 2.48. The molecule has 2 atom stereocenters. The highest BCUT2D eigenvalue weighted by Crippen LogP contribution is 2.42. The number of nitrogens with one attached hydrogen (secondary N) is 1. The second-order valence-corrected chi connectivity index (χ2v) is 6.09. The zero-order valence-corrected chi connectivity index (χ0v) is 12.5. The molecular weight excluding hydrogens is 256 g/mol. The first-order valence-corrected chi connectivity index (χ1v) is 6.86. The maximum absolute atomic E-state index is 10.9. The highest BCUT2D eigenvalue weighted by molar-refractivity contribution is 5.42. The van der Waals surface area contributed by atoms with Crippen molar-refractivity contribution >= 4 is 5.69 Å². The van der Waals surface area contributed by atoms with Crippen LogP contribution in [0.1, 0.15) is 31.4 Å². The van der Waals surface area contributed by atoms with Crippen LogP contribution in [0.4, 0.5) is 5.69 Å². The van der Waals surface area contributed by atoms with E-state index in [1.54, 1.807) is 26.2 Å². The number of hydrogen-bond donors (Lipinski definition) is 1. The van der Waals surface area contributed by atoms with Gasteiger partial charge >= 0.3 is 0 Å². The van der Waals surface area contributed by atoms with E-state index >= 15 is 0 Å². The van der Waals surface area contributed by atoms with E-state index in [4.69, 9.17) is 4.74 Å². The van der Waals surface area contributed by atoms with Gasteiger partial charge in [-0.25, -0.2) is 0 Å². The number of rotatable bonds is 5. The maximum atomic E-state index is 10.9. The highest BCUT2D eigenvalue weighted by atomic mass is 16.6. The summed E-state index contributed by atoms with van der Waals surface area (Å²) in [5, 5.41) is 14.4. The molecular formula is C15H22N2O3. The monoisotopic (exact) mass is 278 g/mol. The molecule has 1 aliphatic carbocycles. The third-order valence-electron chi connectivity index (χ3n) is 4.49. The first kappa shape index (κ1) is 14.9. The molecule has 0 radical (unpaired) electrons. The van der Waals surface area contributed by atoms with E-state index in [0.717, 1.165) is 12.0 Å². The summed E-state index contributed by atoms with van der Waals surface area (Å²) in [6.45, 7) is 6.76. The number of ether oxygens (including phenoxy) is 1. The number of aryl methyl sites for hydroxylation is 1. The van der Waals surface area contributed by atoms with Crippen LogP contribution in [-0.4, -0.2) is 24.2 Å². The zero-order valence-electron chi connectivity index (χ0n) is 12.5. The summed E-state index contributed by atoms with van der Waals surface area (Å²) in [5.74, 6) is 0. The Morgan fingerprint density at radius 1 is 1.50 bits per heavy atom. The molecule has 2 rings (SSSR count). The Bertz CT molecular complexity index is 514. The van der Waals surface area contributed by atoms with Crippen molar-refractivity contribution in [2.75, 3.05) is 7.11 Å². The van der Waals surface area contributed by atoms with E-state index in [-0.39, 0.29) is 22.1 Å². The van der Waals surface area contributed by atoms with Crippen molar-refractivity contribution < 1.29 is 9.66 Å². The molecule has 2 unspecified atom stereocenters. The van der Waals surface area contributed by atoms with Gasteiger partial charge in [-0.15, -0.1) is 0 Å². The van der Waals surface area contributed by atoms with Gasteiger partial charge in [-0.1, -0.05) is 26.0 Å². The van der Waals surface area contributed by atoms with E-state index in [2.05, 4.69) is 19.2 Å². The number of nitrogens with zero attached hydrogens (tertiary/aromatic N) is 1. The second-order valence-electron chi connectivity index (χ2n) is 6.09. The van der Waals surface area contributed by atoms with Crippen molar-refractivity contribution in [1.82, 2.24) is 5.32 Å². The van der Waals surface area contributed by atoms with Gasteiger partial charge in [0.25, 0.3) is 5.69 Å². The van der Waals surface area contributed by atoms with Gasteiger partial charge in [0, 0.05) is 36.7 Å². The Morgan fingerprint density at radius 3 is 2.75 bits per heavy atom. The number of benzene rings is 1. The lowest BCUT2D eigenvalue weighted by atomic mass is 9.64. The molecule has 1 aromatic carbocycles. The Hall–Kier alpha value is -1.46. The predicted molar refractivity (Wildman–Crippen MR) is 77.7 cm³/mol. The summed E-state index contributed by atoms with van der Waals surface area (Å²) in [6.07, 6.45) is 1.27. The minimum atomic E-state index is -0.326. The van der Waals surface area contributed by atoms with Crippen LogP contribution in [-0.2, 0) is 11.3 Å². The lowest BCUT2D eigenvalue weighted by molar-refractivity contribution is -0.385. The fourth-order valence-corrected chi connectivity index (χ4v) is 2.83. The first-order chi connectivity index (χ1) is 9.36. The van der Waals surface area contributed by atoms with E-state index in [9.17, 15) is 10.1 Å². The van der Waals surface area contributed by atoms with Crippen LogP contribution >= 0.6 is 0 Å². The Kier molecular flexibility index (Phi) is 4.11. The van der Waals surface area contributed by atoms with Crippen molar-refractivity contribution in [2.24, 2.45) is 5.41 Å². The number of nitro groups is 1. The van der Waals surface area contributed by atoms with Gasteiger partial charge < -0.3 is 10.1 Å². The van der Waals surface area contributed by atoms with Crippen molar-refractivity contribution in [2.45, 2.75) is 45.9 Å². The summed E-state index contributed by atoms with van der Waals surface area (Å²) in [7, 11) is 1.74. The van der Waals surface area contributed by atoms with Gasteiger partial charge in [0.05, 0.1) is 11.0 Å². The molecule has 5 nitrogen and oxygen atoms in total. The molecule has 1 N–H and O–H groups in total. The molecule has 0 aromatic heterocycles.